The van der Waals surface area contributed by atoms with E-state index < -0.39 is 24.0 Å². The number of benzene rings is 1. The zero-order chi connectivity index (χ0) is 63.0. The number of unbranched alkanes of at least 4 members (excludes halogenated alkanes) is 28. The van der Waals surface area contributed by atoms with E-state index in [-0.39, 0.29) is 106 Å². The zero-order valence-corrected chi connectivity index (χ0v) is 55.3. The van der Waals surface area contributed by atoms with Gasteiger partial charge in [-0.25, -0.2) is 4.79 Å². The van der Waals surface area contributed by atoms with Crippen molar-refractivity contribution in [2.75, 3.05) is 34.0 Å². The molecule has 86 heavy (non-hydrogen) atoms. The first kappa shape index (κ1) is 77.1. The van der Waals surface area contributed by atoms with Crippen LogP contribution in [0, 0.1) is 18.8 Å². The topological polar surface area (TPSA) is 193 Å². The van der Waals surface area contributed by atoms with Crippen molar-refractivity contribution < 1.29 is 71.5 Å². The SMILES string of the molecule is CCCCCCCCCCCCCCCC(=O)OCC(COC(=O)CCCCCCCCCCCCCCC)OC(=O)CC(C)CCCCCCCC(C)C(=O)OCCCC(=O)Oc1c(C/C=C(\C)CCC(=O)OC)c(OC)c(C)c2c1C(=O)OC2. The van der Waals surface area contributed by atoms with Gasteiger partial charge in [0.15, 0.2) is 11.9 Å². The first-order valence-electron chi connectivity index (χ1n) is 34.1. The summed E-state index contributed by atoms with van der Waals surface area (Å²) < 4.78 is 44.2. The van der Waals surface area contributed by atoms with Gasteiger partial charge >= 0.3 is 41.8 Å². The van der Waals surface area contributed by atoms with Crippen molar-refractivity contribution in [3.8, 4) is 11.5 Å². The van der Waals surface area contributed by atoms with Crippen LogP contribution in [0.1, 0.15) is 318 Å². The molecular weight excluding hydrogens is 1090 g/mol. The Labute approximate surface area is 519 Å². The lowest BCUT2D eigenvalue weighted by Crippen LogP contribution is -2.31. The van der Waals surface area contributed by atoms with Crippen LogP contribution in [-0.2, 0) is 70.2 Å². The smallest absolute Gasteiger partial charge is 0.342 e. The molecule has 0 aliphatic carbocycles. The number of methoxy groups -OCH3 is 2. The Hall–Kier alpha value is -4.95. The third-order valence-electron chi connectivity index (χ3n) is 16.6. The van der Waals surface area contributed by atoms with Crippen molar-refractivity contribution in [2.45, 2.75) is 318 Å². The second kappa shape index (κ2) is 50.0. The maximum Gasteiger partial charge on any atom is 0.342 e. The Balaban J connectivity index is 1.73. The van der Waals surface area contributed by atoms with Gasteiger partial charge in [0.25, 0.3) is 0 Å². The Bertz CT molecular complexity index is 2050. The standard InChI is InChI=1S/C71H118O15/c1-9-11-13-15-17-19-21-23-25-27-29-34-38-43-63(73)82-52-59(53-83-64(74)44-39-35-30-28-26-24-22-20-18-16-14-12-10-2)85-66(76)51-56(4)41-36-32-31-33-37-42-57(5)70(77)81-50-40-45-65(75)86-69-60(48-46-55(3)47-49-62(72)79-7)68(80-8)58(6)61-54-84-71(78)67(61)69/h46,56-57,59H,9-45,47-54H2,1-8H3/b55-46+. The number of ether oxygens (including phenoxy) is 8. The molecule has 2 atom stereocenters. The molecule has 0 amide bonds. The molecule has 1 aromatic rings. The first-order chi connectivity index (χ1) is 41.6. The molecule has 1 aromatic carbocycles. The molecule has 492 valence electrons. The number of hydrogen-bond donors (Lipinski definition) is 0. The van der Waals surface area contributed by atoms with Gasteiger partial charge in [0.05, 0.1) is 26.7 Å². The minimum Gasteiger partial charge on any atom is -0.496 e. The van der Waals surface area contributed by atoms with E-state index in [1.54, 1.807) is 0 Å². The Morgan fingerprint density at radius 3 is 1.48 bits per heavy atom. The summed E-state index contributed by atoms with van der Waals surface area (Å²) in [6, 6.07) is 0. The van der Waals surface area contributed by atoms with E-state index in [1.807, 2.05) is 33.8 Å². The third-order valence-corrected chi connectivity index (χ3v) is 16.6. The molecule has 0 fully saturated rings. The number of esters is 7. The van der Waals surface area contributed by atoms with Gasteiger partial charge in [0.1, 0.15) is 31.1 Å². The van der Waals surface area contributed by atoms with Gasteiger partial charge in [-0.05, 0) is 63.9 Å². The minimum atomic E-state index is -0.865. The van der Waals surface area contributed by atoms with Gasteiger partial charge < -0.3 is 37.9 Å². The molecule has 15 heteroatoms. The molecule has 1 aliphatic heterocycles. The minimum absolute atomic E-state index is 0.0368. The van der Waals surface area contributed by atoms with Crippen LogP contribution < -0.4 is 9.47 Å². The second-order valence-corrected chi connectivity index (χ2v) is 24.5. The van der Waals surface area contributed by atoms with Gasteiger partial charge in [-0.3, -0.25) is 28.8 Å². The van der Waals surface area contributed by atoms with Gasteiger partial charge in [-0.15, -0.1) is 0 Å². The van der Waals surface area contributed by atoms with Crippen LogP contribution >= 0.6 is 0 Å². The van der Waals surface area contributed by atoms with Crippen LogP contribution in [0.4, 0.5) is 0 Å². The number of rotatable bonds is 55. The van der Waals surface area contributed by atoms with Crippen LogP contribution in [-0.4, -0.2) is 81.9 Å². The maximum atomic E-state index is 13.2. The summed E-state index contributed by atoms with van der Waals surface area (Å²) in [4.78, 5) is 89.5. The van der Waals surface area contributed by atoms with E-state index >= 15 is 0 Å². The fourth-order valence-corrected chi connectivity index (χ4v) is 11.0. The number of allylic oxidation sites excluding steroid dienone is 2. The molecule has 0 N–H and O–H groups in total. The van der Waals surface area contributed by atoms with Crippen LogP contribution in [0.5, 0.6) is 11.5 Å². The van der Waals surface area contributed by atoms with Gasteiger partial charge in [0.2, 0.25) is 0 Å². The predicted octanol–water partition coefficient (Wildman–Crippen LogP) is 17.7. The number of carbonyl (C=O) groups is 7. The summed E-state index contributed by atoms with van der Waals surface area (Å²) in [5.74, 6) is -2.54. The fraction of sp³-hybridized carbons (Fsp3) is 0.789. The largest absolute Gasteiger partial charge is 0.496 e. The summed E-state index contributed by atoms with van der Waals surface area (Å²) in [6.45, 7) is 11.9. The van der Waals surface area contributed by atoms with Crippen molar-refractivity contribution in [3.05, 3.63) is 33.9 Å². The lowest BCUT2D eigenvalue weighted by atomic mass is 9.94. The fourth-order valence-electron chi connectivity index (χ4n) is 11.0. The molecule has 2 rings (SSSR count). The third kappa shape index (κ3) is 36.4. The molecule has 0 spiro atoms. The van der Waals surface area contributed by atoms with E-state index in [9.17, 15) is 33.6 Å². The molecular formula is C71H118O15. The number of cyclic esters (lactones) is 1. The maximum absolute atomic E-state index is 13.2. The molecule has 0 saturated carbocycles. The average molecular weight is 1210 g/mol. The molecule has 0 saturated heterocycles. The monoisotopic (exact) mass is 1210 g/mol. The summed E-state index contributed by atoms with van der Waals surface area (Å²) in [6.07, 6.45) is 41.0. The Kier molecular flexibility index (Phi) is 44.8. The summed E-state index contributed by atoms with van der Waals surface area (Å²) in [7, 11) is 2.86. The highest BCUT2D eigenvalue weighted by Gasteiger charge is 2.34. The van der Waals surface area contributed by atoms with Crippen molar-refractivity contribution in [3.63, 3.8) is 0 Å². The molecule has 0 aromatic heterocycles. The molecule has 0 radical (unpaired) electrons. The van der Waals surface area contributed by atoms with Gasteiger partial charge in [-0.1, -0.05) is 232 Å². The highest BCUT2D eigenvalue weighted by Crippen LogP contribution is 2.43. The molecule has 1 heterocycles. The first-order valence-corrected chi connectivity index (χ1v) is 34.1. The van der Waals surface area contributed by atoms with Crippen LogP contribution in [0.3, 0.4) is 0 Å². The highest BCUT2D eigenvalue weighted by molar-refractivity contribution is 5.99. The summed E-state index contributed by atoms with van der Waals surface area (Å²) in [5.41, 5.74) is 2.95. The molecule has 2 unspecified atom stereocenters. The lowest BCUT2D eigenvalue weighted by molar-refractivity contribution is -0.167. The van der Waals surface area contributed by atoms with Crippen LogP contribution in [0.2, 0.25) is 0 Å². The second-order valence-electron chi connectivity index (χ2n) is 24.5. The predicted molar refractivity (Wildman–Crippen MR) is 339 cm³/mol. The van der Waals surface area contributed by atoms with E-state index in [0.29, 0.717) is 42.6 Å². The number of carbonyl (C=O) groups excluding carboxylic acids is 7. The van der Waals surface area contributed by atoms with Crippen LogP contribution in [0.25, 0.3) is 0 Å². The molecule has 0 bridgehead atoms. The average Bonchev–Trinajstić information content (AvgIpc) is 1.77. The van der Waals surface area contributed by atoms with Crippen molar-refractivity contribution in [2.24, 2.45) is 11.8 Å². The van der Waals surface area contributed by atoms with E-state index in [2.05, 4.69) is 13.8 Å². The summed E-state index contributed by atoms with van der Waals surface area (Å²) in [5, 5.41) is 0. The van der Waals surface area contributed by atoms with Gasteiger partial charge in [-0.2, -0.15) is 0 Å². The number of hydrogen-bond acceptors (Lipinski definition) is 15. The van der Waals surface area contributed by atoms with Crippen molar-refractivity contribution in [1.29, 1.82) is 0 Å². The van der Waals surface area contributed by atoms with E-state index in [1.165, 1.54) is 143 Å². The molecule has 15 nitrogen and oxygen atoms in total. The lowest BCUT2D eigenvalue weighted by Gasteiger charge is -2.19. The van der Waals surface area contributed by atoms with Gasteiger partial charge in [0, 0.05) is 43.2 Å². The zero-order valence-electron chi connectivity index (χ0n) is 55.3. The quantitative estimate of drug-likeness (QED) is 0.0196. The van der Waals surface area contributed by atoms with E-state index in [4.69, 9.17) is 37.9 Å². The Morgan fingerprint density at radius 1 is 0.523 bits per heavy atom. The van der Waals surface area contributed by atoms with E-state index in [0.717, 1.165) is 88.2 Å². The van der Waals surface area contributed by atoms with Crippen molar-refractivity contribution in [1.82, 2.24) is 0 Å². The summed E-state index contributed by atoms with van der Waals surface area (Å²) >= 11 is 0. The number of fused-ring (bicyclic) bond motifs is 1. The Morgan fingerprint density at radius 2 is 0.988 bits per heavy atom. The highest BCUT2D eigenvalue weighted by atomic mass is 16.6. The molecule has 1 aliphatic rings. The van der Waals surface area contributed by atoms with Crippen LogP contribution in [0.15, 0.2) is 11.6 Å². The normalized spacial score (nSPS) is 12.8. The van der Waals surface area contributed by atoms with Crippen molar-refractivity contribution >= 4 is 41.8 Å².